The normalized spacial score (nSPS) is 10.2. The molecule has 0 aliphatic rings. The zero-order chi connectivity index (χ0) is 12.3. The van der Waals surface area contributed by atoms with Crippen molar-refractivity contribution in [2.45, 2.75) is 11.8 Å². The number of thioether (sulfide) groups is 1. The summed E-state index contributed by atoms with van der Waals surface area (Å²) in [6.07, 6.45) is 0. The van der Waals surface area contributed by atoms with Crippen molar-refractivity contribution in [3.8, 4) is 0 Å². The second kappa shape index (κ2) is 5.29. The summed E-state index contributed by atoms with van der Waals surface area (Å²) in [5.74, 6) is 0. The maximum Gasteiger partial charge on any atom is 0.242 e. The third-order valence-electron chi connectivity index (χ3n) is 1.99. The number of aryl methyl sites for hydroxylation is 1. The minimum Gasteiger partial charge on any atom is -0.279 e. The SMILES string of the molecule is Cc1cc(C(=O)Sc2ccccc2)nc(Cl)n1. The average molecular weight is 265 g/mol. The Hall–Kier alpha value is -1.39. The van der Waals surface area contributed by atoms with Gasteiger partial charge in [0.1, 0.15) is 5.69 Å². The number of aromatic nitrogens is 2. The summed E-state index contributed by atoms with van der Waals surface area (Å²) < 4.78 is 0. The number of benzene rings is 1. The van der Waals surface area contributed by atoms with E-state index in [1.807, 2.05) is 30.3 Å². The molecule has 3 nitrogen and oxygen atoms in total. The molecule has 0 amide bonds. The van der Waals surface area contributed by atoms with Crippen molar-refractivity contribution in [3.05, 3.63) is 53.1 Å². The second-order valence-electron chi connectivity index (χ2n) is 3.37. The van der Waals surface area contributed by atoms with Gasteiger partial charge in [0.2, 0.25) is 10.4 Å². The topological polar surface area (TPSA) is 42.9 Å². The molecule has 5 heteroatoms. The summed E-state index contributed by atoms with van der Waals surface area (Å²) >= 11 is 6.84. The molecule has 0 unspecified atom stereocenters. The van der Waals surface area contributed by atoms with E-state index in [4.69, 9.17) is 11.6 Å². The molecular weight excluding hydrogens is 256 g/mol. The van der Waals surface area contributed by atoms with E-state index >= 15 is 0 Å². The van der Waals surface area contributed by atoms with E-state index in [2.05, 4.69) is 9.97 Å². The van der Waals surface area contributed by atoms with Crippen LogP contribution in [0.3, 0.4) is 0 Å². The van der Waals surface area contributed by atoms with Crippen LogP contribution in [0.2, 0.25) is 5.28 Å². The summed E-state index contributed by atoms with van der Waals surface area (Å²) in [6, 6.07) is 11.0. The lowest BCUT2D eigenvalue weighted by Crippen LogP contribution is -2.00. The molecule has 0 atom stereocenters. The monoisotopic (exact) mass is 264 g/mol. The number of halogens is 1. The van der Waals surface area contributed by atoms with Crippen LogP contribution in [-0.4, -0.2) is 15.1 Å². The van der Waals surface area contributed by atoms with Gasteiger partial charge in [-0.05, 0) is 48.5 Å². The molecule has 86 valence electrons. The summed E-state index contributed by atoms with van der Waals surface area (Å²) in [6.45, 7) is 1.78. The van der Waals surface area contributed by atoms with Crippen molar-refractivity contribution in [2.75, 3.05) is 0 Å². The van der Waals surface area contributed by atoms with Crippen molar-refractivity contribution < 1.29 is 4.79 Å². The number of nitrogens with zero attached hydrogens (tertiary/aromatic N) is 2. The van der Waals surface area contributed by atoms with Crippen LogP contribution in [-0.2, 0) is 0 Å². The molecule has 2 aromatic rings. The Kier molecular flexibility index (Phi) is 3.76. The molecular formula is C12H9ClN2OS. The fraction of sp³-hybridized carbons (Fsp3) is 0.0833. The molecule has 0 N–H and O–H groups in total. The Morgan fingerprint density at radius 2 is 1.94 bits per heavy atom. The highest BCUT2D eigenvalue weighted by molar-refractivity contribution is 8.14. The highest BCUT2D eigenvalue weighted by Crippen LogP contribution is 2.22. The van der Waals surface area contributed by atoms with Crippen LogP contribution in [0, 0.1) is 6.92 Å². The third-order valence-corrected chi connectivity index (χ3v) is 3.06. The van der Waals surface area contributed by atoms with Gasteiger partial charge in [0.15, 0.2) is 0 Å². The van der Waals surface area contributed by atoms with Crippen LogP contribution in [0.1, 0.15) is 16.2 Å². The molecule has 0 aliphatic heterocycles. The van der Waals surface area contributed by atoms with E-state index in [1.54, 1.807) is 13.0 Å². The molecule has 0 aliphatic carbocycles. The summed E-state index contributed by atoms with van der Waals surface area (Å²) in [7, 11) is 0. The van der Waals surface area contributed by atoms with Gasteiger partial charge in [-0.25, -0.2) is 9.97 Å². The van der Waals surface area contributed by atoms with Crippen molar-refractivity contribution in [1.29, 1.82) is 0 Å². The van der Waals surface area contributed by atoms with Crippen molar-refractivity contribution in [3.63, 3.8) is 0 Å². The van der Waals surface area contributed by atoms with Crippen LogP contribution in [0.5, 0.6) is 0 Å². The zero-order valence-electron chi connectivity index (χ0n) is 9.05. The van der Waals surface area contributed by atoms with Crippen LogP contribution in [0.15, 0.2) is 41.3 Å². The standard InChI is InChI=1S/C12H9ClN2OS/c1-8-7-10(15-12(13)14-8)11(16)17-9-5-3-2-4-6-9/h2-7H,1H3. The summed E-state index contributed by atoms with van der Waals surface area (Å²) in [5, 5.41) is -0.0365. The molecule has 1 aromatic heterocycles. The molecule has 0 saturated carbocycles. The van der Waals surface area contributed by atoms with Crippen molar-refractivity contribution >= 4 is 28.5 Å². The molecule has 1 aromatic carbocycles. The number of carbonyl (C=O) groups excluding carboxylic acids is 1. The van der Waals surface area contributed by atoms with Crippen molar-refractivity contribution in [1.82, 2.24) is 9.97 Å². The van der Waals surface area contributed by atoms with E-state index in [0.717, 1.165) is 16.7 Å². The van der Waals surface area contributed by atoms with Gasteiger partial charge in [0, 0.05) is 10.6 Å². The second-order valence-corrected chi connectivity index (χ2v) is 4.75. The van der Waals surface area contributed by atoms with Gasteiger partial charge in [-0.1, -0.05) is 18.2 Å². The van der Waals surface area contributed by atoms with Gasteiger partial charge in [0.05, 0.1) is 0 Å². The predicted molar refractivity (Wildman–Crippen MR) is 68.4 cm³/mol. The van der Waals surface area contributed by atoms with Gasteiger partial charge in [-0.2, -0.15) is 0 Å². The third kappa shape index (κ3) is 3.28. The zero-order valence-corrected chi connectivity index (χ0v) is 10.6. The Morgan fingerprint density at radius 1 is 1.24 bits per heavy atom. The first-order chi connectivity index (χ1) is 8.15. The van der Waals surface area contributed by atoms with Gasteiger partial charge >= 0.3 is 0 Å². The Labute approximate surface area is 108 Å². The lowest BCUT2D eigenvalue weighted by atomic mass is 10.3. The highest BCUT2D eigenvalue weighted by atomic mass is 35.5. The molecule has 0 radical (unpaired) electrons. The van der Waals surface area contributed by atoms with Crippen LogP contribution >= 0.6 is 23.4 Å². The van der Waals surface area contributed by atoms with Crippen LogP contribution < -0.4 is 0 Å². The fourth-order valence-electron chi connectivity index (χ4n) is 1.28. The minimum absolute atomic E-state index is 0.0991. The molecule has 0 saturated heterocycles. The first kappa shape index (κ1) is 12.1. The first-order valence-corrected chi connectivity index (χ1v) is 6.13. The number of carbonyl (C=O) groups is 1. The quantitative estimate of drug-likeness (QED) is 0.616. The smallest absolute Gasteiger partial charge is 0.242 e. The van der Waals surface area contributed by atoms with E-state index in [9.17, 15) is 4.79 Å². The number of hydrogen-bond donors (Lipinski definition) is 0. The van der Waals surface area contributed by atoms with E-state index in [1.165, 1.54) is 0 Å². The highest BCUT2D eigenvalue weighted by Gasteiger charge is 2.11. The van der Waals surface area contributed by atoms with E-state index in [0.29, 0.717) is 11.4 Å². The summed E-state index contributed by atoms with van der Waals surface area (Å²) in [4.78, 5) is 20.6. The van der Waals surface area contributed by atoms with Crippen LogP contribution in [0.25, 0.3) is 0 Å². The maximum absolute atomic E-state index is 11.9. The molecule has 0 spiro atoms. The molecule has 1 heterocycles. The first-order valence-electron chi connectivity index (χ1n) is 4.93. The Morgan fingerprint density at radius 3 is 2.59 bits per heavy atom. The largest absolute Gasteiger partial charge is 0.279 e. The van der Waals surface area contributed by atoms with Crippen LogP contribution in [0.4, 0.5) is 0 Å². The average Bonchev–Trinajstić information content (AvgIpc) is 2.29. The van der Waals surface area contributed by atoms with Gasteiger partial charge in [0.25, 0.3) is 0 Å². The Bertz CT molecular complexity index is 525. The van der Waals surface area contributed by atoms with Crippen molar-refractivity contribution in [2.24, 2.45) is 0 Å². The van der Waals surface area contributed by atoms with E-state index < -0.39 is 0 Å². The maximum atomic E-state index is 11.9. The number of hydrogen-bond acceptors (Lipinski definition) is 4. The molecule has 2 rings (SSSR count). The number of rotatable bonds is 2. The van der Waals surface area contributed by atoms with Gasteiger partial charge < -0.3 is 0 Å². The fourth-order valence-corrected chi connectivity index (χ4v) is 2.23. The lowest BCUT2D eigenvalue weighted by Gasteiger charge is -2.01. The molecule has 0 fully saturated rings. The predicted octanol–water partition coefficient (Wildman–Crippen LogP) is 3.37. The summed E-state index contributed by atoms with van der Waals surface area (Å²) in [5.41, 5.74) is 1.01. The van der Waals surface area contributed by atoms with Gasteiger partial charge in [-0.3, -0.25) is 4.79 Å². The van der Waals surface area contributed by atoms with Gasteiger partial charge in [-0.15, -0.1) is 0 Å². The van der Waals surface area contributed by atoms with E-state index in [-0.39, 0.29) is 10.4 Å². The molecule has 0 bridgehead atoms. The minimum atomic E-state index is -0.136. The molecule has 17 heavy (non-hydrogen) atoms. The lowest BCUT2D eigenvalue weighted by molar-refractivity contribution is 0.108. The Balaban J connectivity index is 2.20.